The first kappa shape index (κ1) is 11.6. The molecule has 0 fully saturated rings. The molecule has 0 saturated heterocycles. The largest absolute Gasteiger partial charge is 0.393 e. The lowest BCUT2D eigenvalue weighted by Crippen LogP contribution is -2.04. The van der Waals surface area contributed by atoms with Crippen molar-refractivity contribution in [1.29, 1.82) is 0 Å². The van der Waals surface area contributed by atoms with Crippen molar-refractivity contribution in [3.63, 3.8) is 0 Å². The van der Waals surface area contributed by atoms with Crippen LogP contribution in [0.2, 0.25) is 0 Å². The Morgan fingerprint density at radius 2 is 1.86 bits per heavy atom. The minimum absolute atomic E-state index is 0.0362. The quantitative estimate of drug-likeness (QED) is 0.890. The summed E-state index contributed by atoms with van der Waals surface area (Å²) >= 11 is 3.00. The second kappa shape index (κ2) is 4.84. The van der Waals surface area contributed by atoms with Crippen LogP contribution in [0.3, 0.4) is 0 Å². The first-order valence-electron chi connectivity index (χ1n) is 4.32. The van der Waals surface area contributed by atoms with E-state index < -0.39 is 17.7 Å². The van der Waals surface area contributed by atoms with Crippen LogP contribution in [0.25, 0.3) is 0 Å². The summed E-state index contributed by atoms with van der Waals surface area (Å²) < 4.78 is 26.8. The molecule has 0 spiro atoms. The Labute approximate surface area is 89.9 Å². The van der Waals surface area contributed by atoms with Gasteiger partial charge in [-0.1, -0.05) is 15.9 Å². The molecule has 78 valence electrons. The van der Waals surface area contributed by atoms with E-state index in [4.69, 9.17) is 5.11 Å². The highest BCUT2D eigenvalue weighted by molar-refractivity contribution is 9.10. The fourth-order valence-corrected chi connectivity index (χ4v) is 1.57. The van der Waals surface area contributed by atoms with Crippen LogP contribution in [0.1, 0.15) is 18.9 Å². The third kappa shape index (κ3) is 3.03. The number of benzene rings is 1. The van der Waals surface area contributed by atoms with Gasteiger partial charge in [0.05, 0.1) is 6.10 Å². The highest BCUT2D eigenvalue weighted by atomic mass is 79.9. The van der Waals surface area contributed by atoms with E-state index in [1.165, 1.54) is 12.1 Å². The van der Waals surface area contributed by atoms with Gasteiger partial charge in [-0.3, -0.25) is 0 Å². The zero-order valence-electron chi connectivity index (χ0n) is 7.73. The molecule has 0 heterocycles. The molecule has 0 saturated carbocycles. The zero-order chi connectivity index (χ0) is 10.7. The number of aliphatic hydroxyl groups excluding tert-OH is 1. The van der Waals surface area contributed by atoms with Gasteiger partial charge in [0, 0.05) is 10.0 Å². The van der Waals surface area contributed by atoms with Crippen molar-refractivity contribution >= 4 is 15.9 Å². The SMILES string of the molecule is CC(O)CCc1c(F)cc(Br)cc1F. The van der Waals surface area contributed by atoms with Crippen molar-refractivity contribution in [2.75, 3.05) is 0 Å². The molecule has 1 unspecified atom stereocenters. The van der Waals surface area contributed by atoms with Gasteiger partial charge in [-0.25, -0.2) is 8.78 Å². The lowest BCUT2D eigenvalue weighted by atomic mass is 10.1. The van der Waals surface area contributed by atoms with Crippen LogP contribution < -0.4 is 0 Å². The summed E-state index contributed by atoms with van der Waals surface area (Å²) in [5.74, 6) is -1.14. The van der Waals surface area contributed by atoms with Gasteiger partial charge in [-0.05, 0) is 31.9 Å². The topological polar surface area (TPSA) is 20.2 Å². The summed E-state index contributed by atoms with van der Waals surface area (Å²) in [6.07, 6.45) is 0.0235. The molecule has 1 atom stereocenters. The van der Waals surface area contributed by atoms with Gasteiger partial charge < -0.3 is 5.11 Å². The summed E-state index contributed by atoms with van der Waals surface area (Å²) in [6, 6.07) is 2.45. The molecule has 0 aliphatic rings. The molecular weight excluding hydrogens is 254 g/mol. The van der Waals surface area contributed by atoms with Gasteiger partial charge in [0.1, 0.15) is 11.6 Å². The van der Waals surface area contributed by atoms with Crippen molar-refractivity contribution in [3.8, 4) is 0 Å². The molecule has 1 nitrogen and oxygen atoms in total. The number of hydrogen-bond donors (Lipinski definition) is 1. The normalized spacial score (nSPS) is 12.9. The fraction of sp³-hybridized carbons (Fsp3) is 0.400. The summed E-state index contributed by atoms with van der Waals surface area (Å²) in [4.78, 5) is 0. The van der Waals surface area contributed by atoms with Gasteiger partial charge >= 0.3 is 0 Å². The molecule has 0 aromatic heterocycles. The van der Waals surface area contributed by atoms with Crippen molar-refractivity contribution in [3.05, 3.63) is 33.8 Å². The van der Waals surface area contributed by atoms with Crippen LogP contribution in [0, 0.1) is 11.6 Å². The highest BCUT2D eigenvalue weighted by Crippen LogP contribution is 2.20. The van der Waals surface area contributed by atoms with E-state index in [9.17, 15) is 8.78 Å². The standard InChI is InChI=1S/C10H11BrF2O/c1-6(14)2-3-8-9(12)4-7(11)5-10(8)13/h4-6,14H,2-3H2,1H3. The Hall–Kier alpha value is -0.480. The molecular formula is C10H11BrF2O. The Morgan fingerprint density at radius 1 is 1.36 bits per heavy atom. The molecule has 1 N–H and O–H groups in total. The molecule has 0 aliphatic heterocycles. The fourth-order valence-electron chi connectivity index (χ4n) is 1.16. The minimum Gasteiger partial charge on any atom is -0.393 e. The number of hydrogen-bond acceptors (Lipinski definition) is 1. The van der Waals surface area contributed by atoms with Crippen LogP contribution in [0.4, 0.5) is 8.78 Å². The number of rotatable bonds is 3. The zero-order valence-corrected chi connectivity index (χ0v) is 9.31. The van der Waals surface area contributed by atoms with Gasteiger partial charge in [-0.2, -0.15) is 0 Å². The molecule has 0 bridgehead atoms. The van der Waals surface area contributed by atoms with E-state index in [0.29, 0.717) is 10.9 Å². The maximum atomic E-state index is 13.2. The predicted molar refractivity (Wildman–Crippen MR) is 54.1 cm³/mol. The molecule has 1 rings (SSSR count). The lowest BCUT2D eigenvalue weighted by molar-refractivity contribution is 0.184. The first-order valence-corrected chi connectivity index (χ1v) is 5.11. The van der Waals surface area contributed by atoms with E-state index in [1.54, 1.807) is 6.92 Å². The summed E-state index contributed by atoms with van der Waals surface area (Å²) in [5, 5.41) is 9.00. The number of halogens is 3. The van der Waals surface area contributed by atoms with Crippen molar-refractivity contribution in [2.45, 2.75) is 25.9 Å². The summed E-state index contributed by atoms with van der Waals surface area (Å²) in [5.41, 5.74) is 0.0362. The van der Waals surface area contributed by atoms with Crippen molar-refractivity contribution in [2.24, 2.45) is 0 Å². The van der Waals surface area contributed by atoms with Crippen LogP contribution in [0.5, 0.6) is 0 Å². The van der Waals surface area contributed by atoms with E-state index in [1.807, 2.05) is 0 Å². The maximum absolute atomic E-state index is 13.2. The third-order valence-corrected chi connectivity index (χ3v) is 2.38. The predicted octanol–water partition coefficient (Wildman–Crippen LogP) is 3.04. The van der Waals surface area contributed by atoms with E-state index >= 15 is 0 Å². The van der Waals surface area contributed by atoms with Crippen LogP contribution in [0.15, 0.2) is 16.6 Å². The van der Waals surface area contributed by atoms with Crippen molar-refractivity contribution < 1.29 is 13.9 Å². The molecule has 4 heteroatoms. The van der Waals surface area contributed by atoms with E-state index in [-0.39, 0.29) is 12.0 Å². The van der Waals surface area contributed by atoms with Gasteiger partial charge in [0.25, 0.3) is 0 Å². The average molecular weight is 265 g/mol. The van der Waals surface area contributed by atoms with Gasteiger partial charge in [0.15, 0.2) is 0 Å². The Kier molecular flexibility index (Phi) is 4.01. The molecule has 14 heavy (non-hydrogen) atoms. The Balaban J connectivity index is 2.86. The van der Waals surface area contributed by atoms with Gasteiger partial charge in [0.2, 0.25) is 0 Å². The smallest absolute Gasteiger partial charge is 0.130 e. The summed E-state index contributed by atoms with van der Waals surface area (Å²) in [6.45, 7) is 1.59. The molecule has 1 aromatic rings. The third-order valence-electron chi connectivity index (χ3n) is 1.92. The maximum Gasteiger partial charge on any atom is 0.130 e. The van der Waals surface area contributed by atoms with Crippen LogP contribution >= 0.6 is 15.9 Å². The highest BCUT2D eigenvalue weighted by Gasteiger charge is 2.10. The van der Waals surface area contributed by atoms with Gasteiger partial charge in [-0.15, -0.1) is 0 Å². The Bertz CT molecular complexity index is 303. The number of aliphatic hydroxyl groups is 1. The van der Waals surface area contributed by atoms with E-state index in [0.717, 1.165) is 0 Å². The summed E-state index contributed by atoms with van der Waals surface area (Å²) in [7, 11) is 0. The molecule has 0 amide bonds. The minimum atomic E-state index is -0.572. The van der Waals surface area contributed by atoms with E-state index in [2.05, 4.69) is 15.9 Å². The van der Waals surface area contributed by atoms with Crippen LogP contribution in [-0.4, -0.2) is 11.2 Å². The molecule has 1 aromatic carbocycles. The van der Waals surface area contributed by atoms with Crippen LogP contribution in [-0.2, 0) is 6.42 Å². The molecule has 0 radical (unpaired) electrons. The molecule has 0 aliphatic carbocycles. The second-order valence-electron chi connectivity index (χ2n) is 3.24. The average Bonchev–Trinajstić information content (AvgIpc) is 2.01. The first-order chi connectivity index (χ1) is 6.50. The second-order valence-corrected chi connectivity index (χ2v) is 4.15. The van der Waals surface area contributed by atoms with Crippen molar-refractivity contribution in [1.82, 2.24) is 0 Å². The Morgan fingerprint density at radius 3 is 2.29 bits per heavy atom. The monoisotopic (exact) mass is 264 g/mol. The lowest BCUT2D eigenvalue weighted by Gasteiger charge is -2.07.